The molecule has 1 aromatic heterocycles. The summed E-state index contributed by atoms with van der Waals surface area (Å²) in [6.07, 6.45) is 0.901. The van der Waals surface area contributed by atoms with Gasteiger partial charge in [-0.1, -0.05) is 12.1 Å². The summed E-state index contributed by atoms with van der Waals surface area (Å²) in [5.41, 5.74) is 3.67. The summed E-state index contributed by atoms with van der Waals surface area (Å²) in [4.78, 5) is 20.4. The third-order valence-electron chi connectivity index (χ3n) is 5.78. The predicted octanol–water partition coefficient (Wildman–Crippen LogP) is 3.79. The fraction of sp³-hybridized carbons (Fsp3) is 0.280. The first kappa shape index (κ1) is 21.5. The fourth-order valence-corrected chi connectivity index (χ4v) is 4.11. The van der Waals surface area contributed by atoms with Gasteiger partial charge in [-0.3, -0.25) is 4.79 Å². The molecule has 4 rings (SSSR count). The summed E-state index contributed by atoms with van der Waals surface area (Å²) in [7, 11) is 4.93. The SMILES string of the molecule is COc1ccc(-c2ccc(C3CN(C=O)CCN3c3ccccc3OC)c(OC)n2)cc1. The highest BCUT2D eigenvalue weighted by atomic mass is 16.5. The molecule has 0 N–H and O–H groups in total. The Morgan fingerprint density at radius 1 is 0.906 bits per heavy atom. The number of methoxy groups -OCH3 is 3. The maximum absolute atomic E-state index is 11.6. The lowest BCUT2D eigenvalue weighted by atomic mass is 10.0. The average molecular weight is 434 g/mol. The van der Waals surface area contributed by atoms with Crippen molar-refractivity contribution in [3.8, 4) is 28.6 Å². The molecule has 0 radical (unpaired) electrons. The van der Waals surface area contributed by atoms with Gasteiger partial charge >= 0.3 is 0 Å². The lowest BCUT2D eigenvalue weighted by Crippen LogP contribution is -2.48. The number of carbonyl (C=O) groups excluding carboxylic acids is 1. The molecule has 2 heterocycles. The summed E-state index contributed by atoms with van der Waals surface area (Å²) in [6.45, 7) is 1.84. The van der Waals surface area contributed by atoms with E-state index in [4.69, 9.17) is 19.2 Å². The van der Waals surface area contributed by atoms with Crippen molar-refractivity contribution in [3.63, 3.8) is 0 Å². The minimum absolute atomic E-state index is 0.127. The number of anilines is 1. The number of aromatic nitrogens is 1. The Hall–Kier alpha value is -3.74. The van der Waals surface area contributed by atoms with Crippen LogP contribution < -0.4 is 19.1 Å². The molecule has 0 saturated carbocycles. The van der Waals surface area contributed by atoms with E-state index in [-0.39, 0.29) is 6.04 Å². The van der Waals surface area contributed by atoms with E-state index in [0.717, 1.165) is 40.4 Å². The maximum Gasteiger partial charge on any atom is 0.219 e. The minimum Gasteiger partial charge on any atom is -0.497 e. The zero-order valence-electron chi connectivity index (χ0n) is 18.5. The first-order valence-corrected chi connectivity index (χ1v) is 10.5. The van der Waals surface area contributed by atoms with Gasteiger partial charge in [0.2, 0.25) is 12.3 Å². The van der Waals surface area contributed by atoms with E-state index in [0.29, 0.717) is 25.5 Å². The van der Waals surface area contributed by atoms with Crippen LogP contribution in [0.2, 0.25) is 0 Å². The number of nitrogens with zero attached hydrogens (tertiary/aromatic N) is 3. The van der Waals surface area contributed by atoms with E-state index >= 15 is 0 Å². The molecule has 1 aliphatic rings. The van der Waals surface area contributed by atoms with Gasteiger partial charge < -0.3 is 24.0 Å². The van der Waals surface area contributed by atoms with Crippen LogP contribution in [0.25, 0.3) is 11.3 Å². The Labute approximate surface area is 188 Å². The van der Waals surface area contributed by atoms with Gasteiger partial charge in [-0.15, -0.1) is 0 Å². The molecule has 32 heavy (non-hydrogen) atoms. The van der Waals surface area contributed by atoms with Crippen LogP contribution in [0.5, 0.6) is 17.4 Å². The van der Waals surface area contributed by atoms with Crippen LogP contribution in [0.1, 0.15) is 11.6 Å². The van der Waals surface area contributed by atoms with Gasteiger partial charge in [0, 0.05) is 30.8 Å². The lowest BCUT2D eigenvalue weighted by Gasteiger charge is -2.42. The molecule has 7 heteroatoms. The normalized spacial score (nSPS) is 15.9. The van der Waals surface area contributed by atoms with E-state index in [1.807, 2.05) is 60.7 Å². The van der Waals surface area contributed by atoms with Crippen molar-refractivity contribution in [1.29, 1.82) is 0 Å². The second-order valence-electron chi connectivity index (χ2n) is 7.50. The van der Waals surface area contributed by atoms with Crippen LogP contribution in [-0.2, 0) is 4.79 Å². The summed E-state index contributed by atoms with van der Waals surface area (Å²) in [6, 6.07) is 19.6. The number of benzene rings is 2. The number of ether oxygens (including phenoxy) is 3. The van der Waals surface area contributed by atoms with E-state index < -0.39 is 0 Å². The summed E-state index contributed by atoms with van der Waals surface area (Å²) in [5.74, 6) is 2.12. The van der Waals surface area contributed by atoms with Crippen LogP contribution in [0.15, 0.2) is 60.7 Å². The van der Waals surface area contributed by atoms with Crippen molar-refractivity contribution in [2.24, 2.45) is 0 Å². The van der Waals surface area contributed by atoms with E-state index in [9.17, 15) is 4.79 Å². The number of pyridine rings is 1. The Morgan fingerprint density at radius 3 is 2.38 bits per heavy atom. The highest BCUT2D eigenvalue weighted by Gasteiger charge is 2.32. The highest BCUT2D eigenvalue weighted by Crippen LogP contribution is 2.39. The molecule has 1 aliphatic heterocycles. The van der Waals surface area contributed by atoms with Gasteiger partial charge in [0.05, 0.1) is 38.8 Å². The fourth-order valence-electron chi connectivity index (χ4n) is 4.11. The molecule has 0 bridgehead atoms. The molecule has 0 aliphatic carbocycles. The van der Waals surface area contributed by atoms with Crippen LogP contribution in [0.4, 0.5) is 5.69 Å². The molecule has 1 saturated heterocycles. The van der Waals surface area contributed by atoms with Crippen LogP contribution >= 0.6 is 0 Å². The van der Waals surface area contributed by atoms with Crippen molar-refractivity contribution >= 4 is 12.1 Å². The molecular formula is C25H27N3O4. The predicted molar refractivity (Wildman–Crippen MR) is 123 cm³/mol. The van der Waals surface area contributed by atoms with Crippen molar-refractivity contribution in [2.45, 2.75) is 6.04 Å². The van der Waals surface area contributed by atoms with Gasteiger partial charge in [0.15, 0.2) is 0 Å². The summed E-state index contributed by atoms with van der Waals surface area (Å²) < 4.78 is 16.6. The number of piperazine rings is 1. The molecule has 1 amide bonds. The highest BCUT2D eigenvalue weighted by molar-refractivity contribution is 5.64. The van der Waals surface area contributed by atoms with Crippen LogP contribution in [0.3, 0.4) is 0 Å². The van der Waals surface area contributed by atoms with E-state index in [1.165, 1.54) is 0 Å². The molecule has 1 fully saturated rings. The minimum atomic E-state index is -0.127. The van der Waals surface area contributed by atoms with Crippen molar-refractivity contribution < 1.29 is 19.0 Å². The third kappa shape index (κ3) is 4.19. The van der Waals surface area contributed by atoms with Gasteiger partial charge in [0.1, 0.15) is 11.5 Å². The maximum atomic E-state index is 11.6. The largest absolute Gasteiger partial charge is 0.497 e. The molecule has 166 valence electrons. The van der Waals surface area contributed by atoms with E-state index in [2.05, 4.69) is 4.90 Å². The van der Waals surface area contributed by atoms with Crippen molar-refractivity contribution in [3.05, 3.63) is 66.2 Å². The quantitative estimate of drug-likeness (QED) is 0.528. The molecular weight excluding hydrogens is 406 g/mol. The Balaban J connectivity index is 1.74. The first-order chi connectivity index (χ1) is 15.7. The molecule has 3 aromatic rings. The second-order valence-corrected chi connectivity index (χ2v) is 7.50. The molecule has 7 nitrogen and oxygen atoms in total. The van der Waals surface area contributed by atoms with Gasteiger partial charge in [0.25, 0.3) is 0 Å². The first-order valence-electron chi connectivity index (χ1n) is 10.5. The number of hydrogen-bond acceptors (Lipinski definition) is 6. The molecule has 1 atom stereocenters. The second kappa shape index (κ2) is 9.60. The Bertz CT molecular complexity index is 1070. The summed E-state index contributed by atoms with van der Waals surface area (Å²) in [5, 5.41) is 0. The number of rotatable bonds is 7. The van der Waals surface area contributed by atoms with Crippen LogP contribution in [-0.4, -0.2) is 57.3 Å². The zero-order chi connectivity index (χ0) is 22.5. The molecule has 1 unspecified atom stereocenters. The lowest BCUT2D eigenvalue weighted by molar-refractivity contribution is -0.118. The average Bonchev–Trinajstić information content (AvgIpc) is 2.88. The topological polar surface area (TPSA) is 64.1 Å². The Morgan fingerprint density at radius 2 is 1.69 bits per heavy atom. The number of hydrogen-bond donors (Lipinski definition) is 0. The van der Waals surface area contributed by atoms with Gasteiger partial charge in [-0.25, -0.2) is 4.98 Å². The van der Waals surface area contributed by atoms with E-state index in [1.54, 1.807) is 26.2 Å². The zero-order valence-corrected chi connectivity index (χ0v) is 18.5. The molecule has 2 aromatic carbocycles. The summed E-state index contributed by atoms with van der Waals surface area (Å²) >= 11 is 0. The third-order valence-corrected chi connectivity index (χ3v) is 5.78. The number of para-hydroxylation sites is 2. The smallest absolute Gasteiger partial charge is 0.219 e. The van der Waals surface area contributed by atoms with Gasteiger partial charge in [-0.2, -0.15) is 0 Å². The molecule has 0 spiro atoms. The number of amides is 1. The van der Waals surface area contributed by atoms with Crippen molar-refractivity contribution in [1.82, 2.24) is 9.88 Å². The Kier molecular flexibility index (Phi) is 6.44. The monoisotopic (exact) mass is 433 g/mol. The standard InChI is InChI=1S/C25H27N3O4/c1-30-19-10-8-18(9-11-19)21-13-12-20(25(26-21)32-3)23-16-27(17-29)14-15-28(23)22-6-4-5-7-24(22)31-2/h4-13,17,23H,14-16H2,1-3H3. The number of carbonyl (C=O) groups is 1. The van der Waals surface area contributed by atoms with Crippen molar-refractivity contribution in [2.75, 3.05) is 45.9 Å². The van der Waals surface area contributed by atoms with Gasteiger partial charge in [-0.05, 0) is 48.5 Å². The van der Waals surface area contributed by atoms with Crippen LogP contribution in [0, 0.1) is 0 Å².